The molecule has 0 unspecified atom stereocenters. The number of hydrogen-bond acceptors (Lipinski definition) is 3. The lowest BCUT2D eigenvalue weighted by atomic mass is 10.1. The second-order valence-electron chi connectivity index (χ2n) is 6.15. The Balaban J connectivity index is 1.95. The van der Waals surface area contributed by atoms with E-state index in [1.54, 1.807) is 4.90 Å². The number of nitrogens with one attached hydrogen (secondary N) is 2. The lowest BCUT2D eigenvalue weighted by Gasteiger charge is -2.26. The van der Waals surface area contributed by atoms with Crippen molar-refractivity contribution < 1.29 is 14.3 Å². The smallest absolute Gasteiger partial charge is 0.317 e. The van der Waals surface area contributed by atoms with Crippen molar-refractivity contribution in [1.29, 1.82) is 0 Å². The van der Waals surface area contributed by atoms with Gasteiger partial charge in [0.05, 0.1) is 12.1 Å². The van der Waals surface area contributed by atoms with Gasteiger partial charge in [-0.25, -0.2) is 4.79 Å². The number of ether oxygens (including phenoxy) is 1. The largest absolute Gasteiger partial charge is 0.376 e. The fourth-order valence-electron chi connectivity index (χ4n) is 2.84. The molecule has 24 heavy (non-hydrogen) atoms. The highest BCUT2D eigenvalue weighted by Gasteiger charge is 2.22. The van der Waals surface area contributed by atoms with Crippen LogP contribution in [-0.2, 0) is 9.53 Å². The number of benzene rings is 1. The van der Waals surface area contributed by atoms with Crippen LogP contribution in [0.2, 0.25) is 0 Å². The van der Waals surface area contributed by atoms with Gasteiger partial charge >= 0.3 is 6.03 Å². The van der Waals surface area contributed by atoms with E-state index in [2.05, 4.69) is 10.6 Å². The lowest BCUT2D eigenvalue weighted by Crippen LogP contribution is -2.44. The van der Waals surface area contributed by atoms with Crippen LogP contribution >= 0.6 is 0 Å². The molecule has 2 atom stereocenters. The Bertz CT molecular complexity index is 570. The van der Waals surface area contributed by atoms with Gasteiger partial charge in [-0.2, -0.15) is 0 Å². The minimum atomic E-state index is -0.148. The Labute approximate surface area is 143 Å². The Morgan fingerprint density at radius 1 is 1.42 bits per heavy atom. The van der Waals surface area contributed by atoms with Crippen LogP contribution in [0.25, 0.3) is 0 Å². The van der Waals surface area contributed by atoms with Crippen LogP contribution in [0.3, 0.4) is 0 Å². The highest BCUT2D eigenvalue weighted by molar-refractivity contribution is 5.88. The average Bonchev–Trinajstić information content (AvgIpc) is 3.05. The molecular formula is C18H27N3O3. The molecule has 6 nitrogen and oxygen atoms in total. The summed E-state index contributed by atoms with van der Waals surface area (Å²) in [5, 5.41) is 5.78. The van der Waals surface area contributed by atoms with E-state index in [0.717, 1.165) is 30.7 Å². The molecule has 2 rings (SSSR count). The number of anilines is 1. The summed E-state index contributed by atoms with van der Waals surface area (Å²) in [6.45, 7) is 7.44. The zero-order chi connectivity index (χ0) is 17.5. The predicted molar refractivity (Wildman–Crippen MR) is 93.9 cm³/mol. The minimum Gasteiger partial charge on any atom is -0.376 e. The lowest BCUT2D eigenvalue weighted by molar-refractivity contribution is -0.114. The summed E-state index contributed by atoms with van der Waals surface area (Å²) < 4.78 is 5.62. The summed E-state index contributed by atoms with van der Waals surface area (Å²) in [5.74, 6) is -0.113. The van der Waals surface area contributed by atoms with Crippen molar-refractivity contribution in [1.82, 2.24) is 10.2 Å². The quantitative estimate of drug-likeness (QED) is 0.841. The van der Waals surface area contributed by atoms with E-state index in [9.17, 15) is 9.59 Å². The number of nitrogens with zero attached hydrogens (tertiary/aromatic N) is 1. The number of likely N-dealkylation sites (N-methyl/N-ethyl adjacent to an activating group) is 1. The number of hydrogen-bond donors (Lipinski definition) is 2. The summed E-state index contributed by atoms with van der Waals surface area (Å²) >= 11 is 0. The molecule has 132 valence electrons. The van der Waals surface area contributed by atoms with Crippen molar-refractivity contribution in [2.75, 3.05) is 25.0 Å². The van der Waals surface area contributed by atoms with Crippen LogP contribution in [-0.4, -0.2) is 42.6 Å². The fourth-order valence-corrected chi connectivity index (χ4v) is 2.84. The third-order valence-corrected chi connectivity index (χ3v) is 4.16. The maximum absolute atomic E-state index is 12.5. The van der Waals surface area contributed by atoms with Gasteiger partial charge in [-0.3, -0.25) is 4.79 Å². The van der Waals surface area contributed by atoms with Crippen molar-refractivity contribution in [3.8, 4) is 0 Å². The molecule has 1 aliphatic heterocycles. The number of carbonyl (C=O) groups is 2. The van der Waals surface area contributed by atoms with E-state index in [1.807, 2.05) is 38.1 Å². The molecule has 0 saturated carbocycles. The normalized spacial score (nSPS) is 18.0. The number of urea groups is 1. The summed E-state index contributed by atoms with van der Waals surface area (Å²) in [6, 6.07) is 7.27. The SMILES string of the molecule is CCN(C[C@@H]1CCCO1)C(=O)N[C@@H](C)c1cccc(NC(C)=O)c1. The van der Waals surface area contributed by atoms with Crippen LogP contribution in [0.4, 0.5) is 10.5 Å². The molecule has 0 radical (unpaired) electrons. The van der Waals surface area contributed by atoms with Gasteiger partial charge in [0.15, 0.2) is 0 Å². The Kier molecular flexibility index (Phi) is 6.61. The van der Waals surface area contributed by atoms with Gasteiger partial charge in [-0.1, -0.05) is 12.1 Å². The van der Waals surface area contributed by atoms with Gasteiger partial charge in [0.25, 0.3) is 0 Å². The van der Waals surface area contributed by atoms with Crippen LogP contribution in [0.1, 0.15) is 45.2 Å². The zero-order valence-electron chi connectivity index (χ0n) is 14.7. The zero-order valence-corrected chi connectivity index (χ0v) is 14.7. The molecule has 1 heterocycles. The predicted octanol–water partition coefficient (Wildman–Crippen LogP) is 2.92. The second kappa shape index (κ2) is 8.68. The van der Waals surface area contributed by atoms with Crippen LogP contribution in [0.5, 0.6) is 0 Å². The Morgan fingerprint density at radius 3 is 2.83 bits per heavy atom. The first-order valence-corrected chi connectivity index (χ1v) is 8.54. The van der Waals surface area contributed by atoms with E-state index >= 15 is 0 Å². The summed E-state index contributed by atoms with van der Waals surface area (Å²) in [5.41, 5.74) is 1.68. The Hall–Kier alpha value is -2.08. The first-order valence-electron chi connectivity index (χ1n) is 8.54. The van der Waals surface area contributed by atoms with Crippen molar-refractivity contribution in [3.05, 3.63) is 29.8 Å². The first kappa shape index (κ1) is 18.3. The van der Waals surface area contributed by atoms with Crippen molar-refractivity contribution >= 4 is 17.6 Å². The van der Waals surface area contributed by atoms with Crippen LogP contribution < -0.4 is 10.6 Å². The molecule has 0 bridgehead atoms. The second-order valence-corrected chi connectivity index (χ2v) is 6.15. The Morgan fingerprint density at radius 2 is 2.21 bits per heavy atom. The first-order chi connectivity index (χ1) is 11.5. The van der Waals surface area contributed by atoms with Gasteiger partial charge in [-0.15, -0.1) is 0 Å². The molecule has 6 heteroatoms. The van der Waals surface area contributed by atoms with Crippen molar-refractivity contribution in [2.45, 2.75) is 45.8 Å². The summed E-state index contributed by atoms with van der Waals surface area (Å²) in [4.78, 5) is 25.4. The molecule has 0 spiro atoms. The van der Waals surface area contributed by atoms with E-state index in [4.69, 9.17) is 4.74 Å². The molecule has 2 N–H and O–H groups in total. The maximum Gasteiger partial charge on any atom is 0.317 e. The molecule has 0 aromatic heterocycles. The van der Waals surface area contributed by atoms with E-state index in [0.29, 0.717) is 13.1 Å². The third-order valence-electron chi connectivity index (χ3n) is 4.16. The molecule has 3 amide bonds. The highest BCUT2D eigenvalue weighted by Crippen LogP contribution is 2.18. The monoisotopic (exact) mass is 333 g/mol. The molecule has 1 saturated heterocycles. The van der Waals surface area contributed by atoms with Crippen LogP contribution in [0, 0.1) is 0 Å². The minimum absolute atomic E-state index is 0.0922. The topological polar surface area (TPSA) is 70.7 Å². The van der Waals surface area contributed by atoms with E-state index in [-0.39, 0.29) is 24.1 Å². The fraction of sp³-hybridized carbons (Fsp3) is 0.556. The van der Waals surface area contributed by atoms with E-state index < -0.39 is 0 Å². The number of amides is 3. The molecule has 1 aliphatic rings. The third kappa shape index (κ3) is 5.23. The molecule has 1 fully saturated rings. The average molecular weight is 333 g/mol. The van der Waals surface area contributed by atoms with Gasteiger partial charge in [-0.05, 0) is 44.4 Å². The summed E-state index contributed by atoms with van der Waals surface area (Å²) in [7, 11) is 0. The van der Waals surface area contributed by atoms with Gasteiger partial charge < -0.3 is 20.3 Å². The number of carbonyl (C=O) groups excluding carboxylic acids is 2. The highest BCUT2D eigenvalue weighted by atomic mass is 16.5. The van der Waals surface area contributed by atoms with Gasteiger partial charge in [0.1, 0.15) is 0 Å². The molecule has 1 aromatic rings. The molecule has 1 aromatic carbocycles. The standard InChI is InChI=1S/C18H27N3O3/c1-4-21(12-17-9-6-10-24-17)18(23)19-13(2)15-7-5-8-16(11-15)20-14(3)22/h5,7-8,11,13,17H,4,6,9-10,12H2,1-3H3,(H,19,23)(H,20,22)/t13-,17-/m0/s1. The van der Waals surface area contributed by atoms with Crippen LogP contribution in [0.15, 0.2) is 24.3 Å². The van der Waals surface area contributed by atoms with Gasteiger partial charge in [0, 0.05) is 32.3 Å². The van der Waals surface area contributed by atoms with Gasteiger partial charge in [0.2, 0.25) is 5.91 Å². The van der Waals surface area contributed by atoms with E-state index in [1.165, 1.54) is 6.92 Å². The number of rotatable bonds is 6. The summed E-state index contributed by atoms with van der Waals surface area (Å²) in [6.07, 6.45) is 2.22. The van der Waals surface area contributed by atoms with Crippen molar-refractivity contribution in [2.24, 2.45) is 0 Å². The van der Waals surface area contributed by atoms with Crippen molar-refractivity contribution in [3.63, 3.8) is 0 Å². The maximum atomic E-state index is 12.5. The molecular weight excluding hydrogens is 306 g/mol. The molecule has 0 aliphatic carbocycles.